The molecule has 44 valence electrons. The number of hydrogen-bond acceptors (Lipinski definition) is 1. The Hall–Kier alpha value is -0.480. The topological polar surface area (TPSA) is 26.0 Å². The second-order valence-corrected chi connectivity index (χ2v) is 2.44. The highest BCUT2D eigenvalue weighted by atomic mass is 14.6. The number of hydrogen-bond donors (Lipinski definition) is 1. The lowest BCUT2D eigenvalue weighted by atomic mass is 10.1. The molecule has 0 aromatic heterocycles. The van der Waals surface area contributed by atoms with Crippen molar-refractivity contribution in [3.05, 3.63) is 0 Å². The second kappa shape index (κ2) is 2.19. The summed E-state index contributed by atoms with van der Waals surface area (Å²) >= 11 is 0. The number of terminal acetylenes is 1. The molecular formula is C7H11N. The van der Waals surface area contributed by atoms with Crippen LogP contribution in [0.1, 0.15) is 19.3 Å². The van der Waals surface area contributed by atoms with E-state index in [0.717, 1.165) is 19.3 Å². The molecule has 0 aliphatic heterocycles. The Morgan fingerprint density at radius 3 is 2.50 bits per heavy atom. The molecule has 1 aliphatic rings. The molecule has 2 atom stereocenters. The Labute approximate surface area is 50.3 Å². The van der Waals surface area contributed by atoms with E-state index in [9.17, 15) is 0 Å². The minimum Gasteiger partial charge on any atom is -0.328 e. The second-order valence-electron chi connectivity index (χ2n) is 2.44. The van der Waals surface area contributed by atoms with E-state index in [-0.39, 0.29) is 0 Å². The predicted octanol–water partition coefficient (Wildman–Crippen LogP) is 0.747. The molecule has 0 unspecified atom stereocenters. The Morgan fingerprint density at radius 2 is 2.25 bits per heavy atom. The van der Waals surface area contributed by atoms with Crippen LogP contribution >= 0.6 is 0 Å². The fourth-order valence-corrected chi connectivity index (χ4v) is 1.17. The maximum absolute atomic E-state index is 5.61. The van der Waals surface area contributed by atoms with Gasteiger partial charge in [-0.2, -0.15) is 0 Å². The molecule has 0 spiro atoms. The molecule has 1 heteroatoms. The van der Waals surface area contributed by atoms with Crippen LogP contribution in [-0.2, 0) is 0 Å². The maximum atomic E-state index is 5.61. The van der Waals surface area contributed by atoms with E-state index in [1.807, 2.05) is 0 Å². The van der Waals surface area contributed by atoms with Gasteiger partial charge >= 0.3 is 0 Å². The third kappa shape index (κ3) is 1.02. The van der Waals surface area contributed by atoms with Gasteiger partial charge in [0.2, 0.25) is 0 Å². The van der Waals surface area contributed by atoms with Gasteiger partial charge in [-0.1, -0.05) is 0 Å². The smallest absolute Gasteiger partial charge is 0.0215 e. The first kappa shape index (κ1) is 5.65. The van der Waals surface area contributed by atoms with Crippen LogP contribution in [0.2, 0.25) is 0 Å². The van der Waals surface area contributed by atoms with Crippen LogP contribution in [-0.4, -0.2) is 6.04 Å². The van der Waals surface area contributed by atoms with Crippen molar-refractivity contribution in [2.75, 3.05) is 0 Å². The van der Waals surface area contributed by atoms with E-state index < -0.39 is 0 Å². The molecule has 1 fully saturated rings. The molecule has 1 aliphatic carbocycles. The minimum absolute atomic E-state index is 0.385. The number of rotatable bonds is 0. The van der Waals surface area contributed by atoms with Gasteiger partial charge in [0.1, 0.15) is 0 Å². The lowest BCUT2D eigenvalue weighted by molar-refractivity contribution is 0.668. The third-order valence-electron chi connectivity index (χ3n) is 1.71. The summed E-state index contributed by atoms with van der Waals surface area (Å²) < 4.78 is 0. The van der Waals surface area contributed by atoms with Crippen molar-refractivity contribution in [2.45, 2.75) is 25.3 Å². The van der Waals surface area contributed by atoms with E-state index in [4.69, 9.17) is 12.2 Å². The van der Waals surface area contributed by atoms with Crippen LogP contribution in [0.5, 0.6) is 0 Å². The van der Waals surface area contributed by atoms with Crippen LogP contribution in [0.25, 0.3) is 0 Å². The summed E-state index contributed by atoms with van der Waals surface area (Å²) in [6.45, 7) is 0. The molecule has 0 heterocycles. The van der Waals surface area contributed by atoms with Crippen molar-refractivity contribution >= 4 is 0 Å². The zero-order valence-electron chi connectivity index (χ0n) is 4.93. The van der Waals surface area contributed by atoms with Gasteiger partial charge in [-0.25, -0.2) is 0 Å². The molecule has 0 aromatic carbocycles. The standard InChI is InChI=1S/C7H11N/c1-2-6-3-4-7(8)5-6/h1,6-7H,3-5,8H2/t6-,7+/m1/s1. The monoisotopic (exact) mass is 109 g/mol. The van der Waals surface area contributed by atoms with E-state index in [1.54, 1.807) is 0 Å². The first-order chi connectivity index (χ1) is 3.83. The van der Waals surface area contributed by atoms with Gasteiger partial charge < -0.3 is 5.73 Å². The summed E-state index contributed by atoms with van der Waals surface area (Å²) in [6.07, 6.45) is 8.49. The third-order valence-corrected chi connectivity index (χ3v) is 1.71. The van der Waals surface area contributed by atoms with E-state index in [2.05, 4.69) is 5.92 Å². The zero-order chi connectivity index (χ0) is 5.98. The highest BCUT2D eigenvalue weighted by Crippen LogP contribution is 2.22. The molecular weight excluding hydrogens is 98.1 g/mol. The van der Waals surface area contributed by atoms with Crippen LogP contribution in [0, 0.1) is 18.3 Å². The Kier molecular flexibility index (Phi) is 1.55. The lowest BCUT2D eigenvalue weighted by Gasteiger charge is -1.96. The van der Waals surface area contributed by atoms with Gasteiger partial charge in [-0.3, -0.25) is 0 Å². The molecule has 8 heavy (non-hydrogen) atoms. The van der Waals surface area contributed by atoms with Gasteiger partial charge in [-0.05, 0) is 19.3 Å². The summed E-state index contributed by atoms with van der Waals surface area (Å²) in [6, 6.07) is 0.385. The average molecular weight is 109 g/mol. The Morgan fingerprint density at radius 1 is 1.50 bits per heavy atom. The minimum atomic E-state index is 0.385. The highest BCUT2D eigenvalue weighted by Gasteiger charge is 2.18. The lowest BCUT2D eigenvalue weighted by Crippen LogP contribution is -2.14. The Balaban J connectivity index is 2.35. The first-order valence-corrected chi connectivity index (χ1v) is 3.04. The normalized spacial score (nSPS) is 37.0. The van der Waals surface area contributed by atoms with Crippen molar-refractivity contribution in [2.24, 2.45) is 11.7 Å². The van der Waals surface area contributed by atoms with Crippen LogP contribution in [0.4, 0.5) is 0 Å². The molecule has 1 saturated carbocycles. The summed E-state index contributed by atoms with van der Waals surface area (Å²) in [4.78, 5) is 0. The van der Waals surface area contributed by atoms with Crippen molar-refractivity contribution < 1.29 is 0 Å². The summed E-state index contributed by atoms with van der Waals surface area (Å²) in [5.74, 6) is 3.19. The van der Waals surface area contributed by atoms with Gasteiger partial charge in [0.25, 0.3) is 0 Å². The molecule has 0 amide bonds. The van der Waals surface area contributed by atoms with Crippen molar-refractivity contribution in [3.8, 4) is 12.3 Å². The highest BCUT2D eigenvalue weighted by molar-refractivity contribution is 4.98. The first-order valence-electron chi connectivity index (χ1n) is 3.04. The quantitative estimate of drug-likeness (QED) is 0.456. The van der Waals surface area contributed by atoms with E-state index >= 15 is 0 Å². The van der Waals surface area contributed by atoms with Crippen LogP contribution < -0.4 is 5.73 Å². The van der Waals surface area contributed by atoms with E-state index in [0.29, 0.717) is 12.0 Å². The molecule has 2 N–H and O–H groups in total. The molecule has 0 bridgehead atoms. The zero-order valence-corrected chi connectivity index (χ0v) is 4.93. The summed E-state index contributed by atoms with van der Waals surface area (Å²) in [7, 11) is 0. The fraction of sp³-hybridized carbons (Fsp3) is 0.714. The van der Waals surface area contributed by atoms with Gasteiger partial charge in [-0.15, -0.1) is 12.3 Å². The summed E-state index contributed by atoms with van der Waals surface area (Å²) in [5.41, 5.74) is 5.61. The molecule has 1 rings (SSSR count). The molecule has 0 aromatic rings. The number of nitrogens with two attached hydrogens (primary N) is 1. The molecule has 0 radical (unpaired) electrons. The van der Waals surface area contributed by atoms with Crippen molar-refractivity contribution in [1.82, 2.24) is 0 Å². The fourth-order valence-electron chi connectivity index (χ4n) is 1.17. The maximum Gasteiger partial charge on any atom is 0.0215 e. The van der Waals surface area contributed by atoms with Gasteiger partial charge in [0.05, 0.1) is 0 Å². The van der Waals surface area contributed by atoms with Gasteiger partial charge in [0.15, 0.2) is 0 Å². The summed E-state index contributed by atoms with van der Waals surface area (Å²) in [5, 5.41) is 0. The molecule has 1 nitrogen and oxygen atoms in total. The largest absolute Gasteiger partial charge is 0.328 e. The SMILES string of the molecule is C#C[C@@H]1CC[C@H](N)C1. The van der Waals surface area contributed by atoms with Crippen molar-refractivity contribution in [1.29, 1.82) is 0 Å². The van der Waals surface area contributed by atoms with Crippen LogP contribution in [0.15, 0.2) is 0 Å². The predicted molar refractivity (Wildman–Crippen MR) is 34.1 cm³/mol. The Bertz CT molecular complexity index is 112. The average Bonchev–Trinajstić information content (AvgIpc) is 2.14. The van der Waals surface area contributed by atoms with Gasteiger partial charge in [0, 0.05) is 12.0 Å². The van der Waals surface area contributed by atoms with Crippen molar-refractivity contribution in [3.63, 3.8) is 0 Å². The van der Waals surface area contributed by atoms with E-state index in [1.165, 1.54) is 0 Å². The molecule has 0 saturated heterocycles. The van der Waals surface area contributed by atoms with Crippen LogP contribution in [0.3, 0.4) is 0 Å².